The molecule has 2 N–H and O–H groups in total. The molecule has 0 aromatic heterocycles. The van der Waals surface area contributed by atoms with E-state index >= 15 is 0 Å². The van der Waals surface area contributed by atoms with Gasteiger partial charge in [-0.15, -0.1) is 0 Å². The summed E-state index contributed by atoms with van der Waals surface area (Å²) < 4.78 is 17.1. The molecule has 0 aromatic carbocycles. The molecule has 1 spiro atoms. The number of aliphatic hydroxyl groups excluding tert-OH is 2. The number of fused-ring (bicyclic) bond motifs is 1. The third-order valence-electron chi connectivity index (χ3n) is 3.77. The smallest absolute Gasteiger partial charge is 0.190 e. The lowest BCUT2D eigenvalue weighted by Gasteiger charge is -2.33. The third kappa shape index (κ3) is 1.58. The molecule has 5 nitrogen and oxygen atoms in total. The van der Waals surface area contributed by atoms with Gasteiger partial charge < -0.3 is 24.4 Å². The lowest BCUT2D eigenvalue weighted by molar-refractivity contribution is -0.248. The highest BCUT2D eigenvalue weighted by Crippen LogP contribution is 2.44. The molecule has 3 rings (SSSR count). The minimum absolute atomic E-state index is 0.201. The van der Waals surface area contributed by atoms with Gasteiger partial charge in [0.2, 0.25) is 0 Å². The monoisotopic (exact) mass is 230 g/mol. The first-order chi connectivity index (χ1) is 7.74. The SMILES string of the molecule is OC[C@H]1O[C@@H]2OC3(CCCCC3)O[C@@H]2[C@H]1O. The Hall–Kier alpha value is -0.200. The highest BCUT2D eigenvalue weighted by molar-refractivity contribution is 4.95. The second kappa shape index (κ2) is 3.92. The number of hydrogen-bond acceptors (Lipinski definition) is 5. The van der Waals surface area contributed by atoms with Crippen molar-refractivity contribution in [2.45, 2.75) is 62.5 Å². The maximum absolute atomic E-state index is 9.88. The molecular formula is C11H18O5. The molecule has 1 saturated carbocycles. The van der Waals surface area contributed by atoms with E-state index in [4.69, 9.17) is 19.3 Å². The Balaban J connectivity index is 1.71. The van der Waals surface area contributed by atoms with Gasteiger partial charge in [0.15, 0.2) is 12.1 Å². The predicted octanol–water partition coefficient (Wildman–Crippen LogP) is 0.140. The van der Waals surface area contributed by atoms with Crippen molar-refractivity contribution >= 4 is 0 Å². The quantitative estimate of drug-likeness (QED) is 0.670. The summed E-state index contributed by atoms with van der Waals surface area (Å²) in [4.78, 5) is 0. The van der Waals surface area contributed by atoms with Crippen LogP contribution in [0.4, 0.5) is 0 Å². The van der Waals surface area contributed by atoms with Crippen LogP contribution < -0.4 is 0 Å². The molecule has 0 bridgehead atoms. The van der Waals surface area contributed by atoms with Crippen molar-refractivity contribution in [3.63, 3.8) is 0 Å². The van der Waals surface area contributed by atoms with Gasteiger partial charge in [0.05, 0.1) is 6.61 Å². The Bertz CT molecular complexity index is 263. The maximum Gasteiger partial charge on any atom is 0.190 e. The normalized spacial score (nSPS) is 46.1. The van der Waals surface area contributed by atoms with Crippen molar-refractivity contribution < 1.29 is 24.4 Å². The third-order valence-corrected chi connectivity index (χ3v) is 3.77. The van der Waals surface area contributed by atoms with E-state index in [-0.39, 0.29) is 6.61 Å². The molecule has 4 atom stereocenters. The molecule has 0 aromatic rings. The minimum atomic E-state index is -0.781. The van der Waals surface area contributed by atoms with E-state index in [0.717, 1.165) is 25.7 Å². The summed E-state index contributed by atoms with van der Waals surface area (Å²) in [6.45, 7) is -0.201. The average Bonchev–Trinajstić information content (AvgIpc) is 2.77. The lowest BCUT2D eigenvalue weighted by atomic mass is 9.94. The second-order valence-electron chi connectivity index (χ2n) is 4.89. The van der Waals surface area contributed by atoms with Crippen molar-refractivity contribution in [2.24, 2.45) is 0 Å². The van der Waals surface area contributed by atoms with E-state index in [0.29, 0.717) is 0 Å². The molecule has 2 heterocycles. The van der Waals surface area contributed by atoms with Crippen molar-refractivity contribution in [3.05, 3.63) is 0 Å². The van der Waals surface area contributed by atoms with Crippen LogP contribution >= 0.6 is 0 Å². The summed E-state index contributed by atoms with van der Waals surface area (Å²) in [6, 6.07) is 0. The average molecular weight is 230 g/mol. The van der Waals surface area contributed by atoms with Crippen LogP contribution in [0, 0.1) is 0 Å². The molecule has 16 heavy (non-hydrogen) atoms. The van der Waals surface area contributed by atoms with Gasteiger partial charge >= 0.3 is 0 Å². The van der Waals surface area contributed by atoms with Gasteiger partial charge in [-0.2, -0.15) is 0 Å². The summed E-state index contributed by atoms with van der Waals surface area (Å²) in [6.07, 6.45) is 2.86. The van der Waals surface area contributed by atoms with E-state index < -0.39 is 30.4 Å². The topological polar surface area (TPSA) is 68.2 Å². The largest absolute Gasteiger partial charge is 0.394 e. The van der Waals surface area contributed by atoms with Gasteiger partial charge in [-0.05, 0) is 12.8 Å². The highest BCUT2D eigenvalue weighted by Gasteiger charge is 2.57. The van der Waals surface area contributed by atoms with Gasteiger partial charge in [-0.3, -0.25) is 0 Å². The molecule has 0 unspecified atom stereocenters. The predicted molar refractivity (Wildman–Crippen MR) is 53.5 cm³/mol. The summed E-state index contributed by atoms with van der Waals surface area (Å²) in [5, 5.41) is 18.9. The van der Waals surface area contributed by atoms with Crippen molar-refractivity contribution in [2.75, 3.05) is 6.61 Å². The Morgan fingerprint density at radius 1 is 1.12 bits per heavy atom. The van der Waals surface area contributed by atoms with Crippen LogP contribution in [0.3, 0.4) is 0 Å². The second-order valence-corrected chi connectivity index (χ2v) is 4.89. The van der Waals surface area contributed by atoms with Crippen LogP contribution in [0.5, 0.6) is 0 Å². The molecule has 3 fully saturated rings. The van der Waals surface area contributed by atoms with Gasteiger partial charge in [0, 0.05) is 12.8 Å². The first-order valence-corrected chi connectivity index (χ1v) is 6.04. The number of aliphatic hydroxyl groups is 2. The highest BCUT2D eigenvalue weighted by atomic mass is 16.8. The summed E-state index contributed by atoms with van der Waals surface area (Å²) in [5.41, 5.74) is 0. The molecule has 92 valence electrons. The summed E-state index contributed by atoms with van der Waals surface area (Å²) in [5.74, 6) is -0.533. The number of ether oxygens (including phenoxy) is 3. The van der Waals surface area contributed by atoms with E-state index in [1.165, 1.54) is 6.42 Å². The van der Waals surface area contributed by atoms with Gasteiger partial charge in [-0.25, -0.2) is 0 Å². The van der Waals surface area contributed by atoms with E-state index in [1.54, 1.807) is 0 Å². The van der Waals surface area contributed by atoms with Crippen LogP contribution in [0.2, 0.25) is 0 Å². The van der Waals surface area contributed by atoms with Crippen molar-refractivity contribution in [3.8, 4) is 0 Å². The molecule has 5 heteroatoms. The van der Waals surface area contributed by atoms with E-state index in [2.05, 4.69) is 0 Å². The fourth-order valence-electron chi connectivity index (χ4n) is 2.89. The zero-order chi connectivity index (χ0) is 11.2. The maximum atomic E-state index is 9.88. The molecule has 0 amide bonds. The lowest BCUT2D eigenvalue weighted by Crippen LogP contribution is -2.39. The summed E-state index contributed by atoms with van der Waals surface area (Å²) >= 11 is 0. The standard InChI is InChI=1S/C11H18O5/c12-6-7-8(13)9-10(14-7)16-11(15-9)4-2-1-3-5-11/h7-10,12-13H,1-6H2/t7-,8+,9-,10-/m1/s1. The number of hydrogen-bond donors (Lipinski definition) is 2. The zero-order valence-electron chi connectivity index (χ0n) is 9.17. The fraction of sp³-hybridized carbons (Fsp3) is 1.00. The molecule has 1 aliphatic carbocycles. The van der Waals surface area contributed by atoms with E-state index in [9.17, 15) is 5.11 Å². The van der Waals surface area contributed by atoms with Crippen LogP contribution in [0.15, 0.2) is 0 Å². The molecule has 3 aliphatic rings. The first-order valence-electron chi connectivity index (χ1n) is 6.04. The number of rotatable bonds is 1. The molecule has 0 radical (unpaired) electrons. The summed E-state index contributed by atoms with van der Waals surface area (Å²) in [7, 11) is 0. The van der Waals surface area contributed by atoms with E-state index in [1.807, 2.05) is 0 Å². The van der Waals surface area contributed by atoms with Crippen LogP contribution in [0.1, 0.15) is 32.1 Å². The van der Waals surface area contributed by atoms with Gasteiger partial charge in [0.1, 0.15) is 18.3 Å². The Morgan fingerprint density at radius 3 is 2.50 bits per heavy atom. The molecule has 2 aliphatic heterocycles. The van der Waals surface area contributed by atoms with Crippen LogP contribution in [-0.2, 0) is 14.2 Å². The zero-order valence-corrected chi connectivity index (χ0v) is 9.17. The first kappa shape index (κ1) is 10.9. The Labute approximate surface area is 94.3 Å². The van der Waals surface area contributed by atoms with Crippen molar-refractivity contribution in [1.29, 1.82) is 0 Å². The van der Waals surface area contributed by atoms with Crippen molar-refractivity contribution in [1.82, 2.24) is 0 Å². The Morgan fingerprint density at radius 2 is 1.88 bits per heavy atom. The minimum Gasteiger partial charge on any atom is -0.394 e. The van der Waals surface area contributed by atoms with Crippen LogP contribution in [-0.4, -0.2) is 47.2 Å². The van der Waals surface area contributed by atoms with Gasteiger partial charge in [-0.1, -0.05) is 6.42 Å². The van der Waals surface area contributed by atoms with Crippen LogP contribution in [0.25, 0.3) is 0 Å². The molecular weight excluding hydrogens is 212 g/mol. The Kier molecular flexibility index (Phi) is 2.68. The van der Waals surface area contributed by atoms with Gasteiger partial charge in [0.25, 0.3) is 0 Å². The fourth-order valence-corrected chi connectivity index (χ4v) is 2.89. The molecule has 2 saturated heterocycles.